The molecule has 3 fully saturated rings. The quantitative estimate of drug-likeness (QED) is 0.651. The summed E-state index contributed by atoms with van der Waals surface area (Å²) in [5.74, 6) is 0.211. The molecular weight excluding hydrogens is 409 g/mol. The number of rotatable bonds is 6. The van der Waals surface area contributed by atoms with Crippen LogP contribution >= 0.6 is 0 Å². The second-order valence-electron chi connectivity index (χ2n) is 8.61. The van der Waals surface area contributed by atoms with Crippen LogP contribution in [0.5, 0.6) is 0 Å². The summed E-state index contributed by atoms with van der Waals surface area (Å²) in [5, 5.41) is 0.235. The summed E-state index contributed by atoms with van der Waals surface area (Å²) in [6.45, 7) is 5.92. The first-order valence-electron chi connectivity index (χ1n) is 11.3. The number of benzene rings is 1. The van der Waals surface area contributed by atoms with Crippen molar-refractivity contribution in [3.63, 3.8) is 0 Å². The van der Waals surface area contributed by atoms with Crippen molar-refractivity contribution in [1.82, 2.24) is 9.47 Å². The molecule has 2 aliphatic carbocycles. The number of carbonyl (C=O) groups excluding carboxylic acids is 1. The Morgan fingerprint density at radius 2 is 1.84 bits per heavy atom. The van der Waals surface area contributed by atoms with Gasteiger partial charge in [0.25, 0.3) is 0 Å². The number of fused-ring (bicyclic) bond motifs is 1. The van der Waals surface area contributed by atoms with Gasteiger partial charge in [-0.05, 0) is 63.5 Å². The van der Waals surface area contributed by atoms with Gasteiger partial charge in [-0.1, -0.05) is 0 Å². The summed E-state index contributed by atoms with van der Waals surface area (Å²) in [6.07, 6.45) is 11.9. The zero-order valence-corrected chi connectivity index (χ0v) is 18.2. The van der Waals surface area contributed by atoms with Crippen LogP contribution in [-0.4, -0.2) is 54.8 Å². The minimum atomic E-state index is -0.653. The maximum Gasteiger partial charge on any atom is 0.343 e. The third-order valence-corrected chi connectivity index (χ3v) is 6.39. The molecule has 1 aromatic carbocycles. The van der Waals surface area contributed by atoms with Crippen molar-refractivity contribution in [3.05, 3.63) is 71.5 Å². The summed E-state index contributed by atoms with van der Waals surface area (Å²) < 4.78 is 22.2. The van der Waals surface area contributed by atoms with E-state index in [1.165, 1.54) is 12.0 Å². The van der Waals surface area contributed by atoms with E-state index in [9.17, 15) is 9.59 Å². The molecular formula is C25H27FN3O3. The summed E-state index contributed by atoms with van der Waals surface area (Å²) in [4.78, 5) is 29.7. The van der Waals surface area contributed by atoms with Crippen LogP contribution in [0.25, 0.3) is 10.9 Å². The molecule has 0 spiro atoms. The van der Waals surface area contributed by atoms with E-state index in [0.29, 0.717) is 11.2 Å². The number of anilines is 1. The average molecular weight is 437 g/mol. The highest BCUT2D eigenvalue weighted by atomic mass is 19.1. The van der Waals surface area contributed by atoms with E-state index in [-0.39, 0.29) is 23.6 Å². The summed E-state index contributed by atoms with van der Waals surface area (Å²) in [6, 6.07) is 3.31. The zero-order chi connectivity index (χ0) is 22.2. The molecule has 1 aromatic heterocycles. The molecule has 167 valence electrons. The topological polar surface area (TPSA) is 54.8 Å². The van der Waals surface area contributed by atoms with E-state index in [0.717, 1.165) is 45.6 Å². The molecule has 0 amide bonds. The second-order valence-corrected chi connectivity index (χ2v) is 8.61. The van der Waals surface area contributed by atoms with Crippen LogP contribution in [0.3, 0.4) is 0 Å². The first-order valence-corrected chi connectivity index (χ1v) is 11.3. The van der Waals surface area contributed by atoms with Gasteiger partial charge in [0, 0.05) is 50.3 Å². The molecule has 0 unspecified atom stereocenters. The Morgan fingerprint density at radius 1 is 1.12 bits per heavy atom. The fourth-order valence-electron chi connectivity index (χ4n) is 4.53. The number of ether oxygens (including phenoxy) is 1. The van der Waals surface area contributed by atoms with Gasteiger partial charge in [0.1, 0.15) is 11.4 Å². The highest BCUT2D eigenvalue weighted by Crippen LogP contribution is 2.38. The SMILES string of the molecule is CCOC(=O)c1cn(C2CC2)c2cc(N3CCN(C[C]4[CH][CH][CH][CH]4)CC3)c(F)cc2c1=O. The van der Waals surface area contributed by atoms with Crippen LogP contribution in [0.2, 0.25) is 0 Å². The Kier molecular flexibility index (Phi) is 5.93. The predicted octanol–water partition coefficient (Wildman–Crippen LogP) is 3.18. The van der Waals surface area contributed by atoms with Gasteiger partial charge in [0.15, 0.2) is 0 Å². The van der Waals surface area contributed by atoms with Gasteiger partial charge in [-0.2, -0.15) is 0 Å². The predicted molar refractivity (Wildman–Crippen MR) is 121 cm³/mol. The number of nitrogens with zero attached hydrogens (tertiary/aromatic N) is 3. The maximum absolute atomic E-state index is 15.2. The van der Waals surface area contributed by atoms with Crippen LogP contribution in [0.1, 0.15) is 36.2 Å². The van der Waals surface area contributed by atoms with Crippen LogP contribution in [0.4, 0.5) is 10.1 Å². The number of esters is 1. The molecule has 2 aromatic rings. The molecule has 5 rings (SSSR count). The van der Waals surface area contributed by atoms with Crippen molar-refractivity contribution >= 4 is 22.6 Å². The van der Waals surface area contributed by atoms with Crippen LogP contribution in [-0.2, 0) is 4.74 Å². The van der Waals surface area contributed by atoms with Crippen molar-refractivity contribution in [2.45, 2.75) is 25.8 Å². The standard InChI is InChI=1S/C25H27FN3O3/c1-2-32-25(31)20-16-29(18-7-8-18)22-14-23(21(26)13-19(22)24(20)30)28-11-9-27(10-12-28)15-17-5-3-4-6-17/h3-6,13-14,16,18H,2,7-12,15H2,1H3. The summed E-state index contributed by atoms with van der Waals surface area (Å²) in [5.41, 5.74) is 0.698. The molecule has 0 bridgehead atoms. The van der Waals surface area contributed by atoms with Crippen molar-refractivity contribution in [2.75, 3.05) is 44.2 Å². The summed E-state index contributed by atoms with van der Waals surface area (Å²) in [7, 11) is 0. The first-order chi connectivity index (χ1) is 15.5. The molecule has 7 heteroatoms. The molecule has 0 atom stereocenters. The second kappa shape index (κ2) is 8.85. The smallest absolute Gasteiger partial charge is 0.343 e. The number of carbonyl (C=O) groups is 1. The van der Waals surface area contributed by atoms with Gasteiger partial charge in [-0.15, -0.1) is 0 Å². The van der Waals surface area contributed by atoms with Gasteiger partial charge in [0.05, 0.1) is 17.8 Å². The van der Waals surface area contributed by atoms with E-state index in [1.807, 2.05) is 17.4 Å². The van der Waals surface area contributed by atoms with Gasteiger partial charge < -0.3 is 14.2 Å². The Morgan fingerprint density at radius 3 is 2.50 bits per heavy atom. The lowest BCUT2D eigenvalue weighted by molar-refractivity contribution is 0.0524. The molecule has 0 N–H and O–H groups in total. The average Bonchev–Trinajstić information content (AvgIpc) is 3.51. The Balaban J connectivity index is 1.43. The molecule has 5 radical (unpaired) electrons. The highest BCUT2D eigenvalue weighted by Gasteiger charge is 2.29. The van der Waals surface area contributed by atoms with E-state index >= 15 is 4.39 Å². The van der Waals surface area contributed by atoms with Gasteiger partial charge >= 0.3 is 5.97 Å². The molecule has 3 aliphatic rings. The molecule has 2 heterocycles. The maximum atomic E-state index is 15.2. The van der Waals surface area contributed by atoms with Crippen molar-refractivity contribution < 1.29 is 13.9 Å². The Labute approximate surface area is 187 Å². The largest absolute Gasteiger partial charge is 0.462 e. The minimum Gasteiger partial charge on any atom is -0.462 e. The molecule has 1 saturated heterocycles. The number of aromatic nitrogens is 1. The fourth-order valence-corrected chi connectivity index (χ4v) is 4.53. The Bertz CT molecular complexity index is 1060. The zero-order valence-electron chi connectivity index (χ0n) is 18.2. The van der Waals surface area contributed by atoms with E-state index in [4.69, 9.17) is 4.74 Å². The van der Waals surface area contributed by atoms with E-state index < -0.39 is 17.2 Å². The third kappa shape index (κ3) is 4.15. The minimum absolute atomic E-state index is 0.0282. The number of halogens is 1. The molecule has 1 aliphatic heterocycles. The Hall–Kier alpha value is -2.41. The fraction of sp³-hybridized carbons (Fsp3) is 0.400. The van der Waals surface area contributed by atoms with Gasteiger partial charge in [-0.25, -0.2) is 9.18 Å². The molecule has 2 saturated carbocycles. The summed E-state index contributed by atoms with van der Waals surface area (Å²) >= 11 is 0. The van der Waals surface area contributed by atoms with Crippen LogP contribution in [0, 0.1) is 37.4 Å². The lowest BCUT2D eigenvalue weighted by Gasteiger charge is -2.37. The van der Waals surface area contributed by atoms with Gasteiger partial charge in [0.2, 0.25) is 5.43 Å². The van der Waals surface area contributed by atoms with Crippen molar-refractivity contribution in [2.24, 2.45) is 0 Å². The normalized spacial score (nSPS) is 20.2. The first kappa shape index (κ1) is 21.4. The number of pyridine rings is 1. The van der Waals surface area contributed by atoms with Crippen molar-refractivity contribution in [1.29, 1.82) is 0 Å². The highest BCUT2D eigenvalue weighted by molar-refractivity contribution is 5.94. The molecule has 6 nitrogen and oxygen atoms in total. The lowest BCUT2D eigenvalue weighted by atomic mass is 10.1. The van der Waals surface area contributed by atoms with Gasteiger partial charge in [-0.3, -0.25) is 9.69 Å². The molecule has 32 heavy (non-hydrogen) atoms. The van der Waals surface area contributed by atoms with Crippen LogP contribution < -0.4 is 10.3 Å². The van der Waals surface area contributed by atoms with E-state index in [2.05, 4.69) is 22.6 Å². The number of hydrogen-bond donors (Lipinski definition) is 0. The number of piperazine rings is 1. The van der Waals surface area contributed by atoms with Crippen LogP contribution in [0.15, 0.2) is 23.1 Å². The van der Waals surface area contributed by atoms with E-state index in [1.54, 1.807) is 19.2 Å². The van der Waals surface area contributed by atoms with Crippen molar-refractivity contribution in [3.8, 4) is 0 Å². The number of hydrogen-bond acceptors (Lipinski definition) is 5. The lowest BCUT2D eigenvalue weighted by Crippen LogP contribution is -2.47. The monoisotopic (exact) mass is 436 g/mol. The third-order valence-electron chi connectivity index (χ3n) is 6.39.